The molecule has 0 bridgehead atoms. The molecule has 21 heavy (non-hydrogen) atoms. The standard InChI is InChI=1S/C16H19FN2O2/c1-2-12-5-4-8-16(9-12,11-18)10-13-6-3-7-14(15(13)17)19(20)21/h3,6-7,12H,2,4-5,8-10H2,1H3. The molecule has 1 aromatic carbocycles. The molecular weight excluding hydrogens is 271 g/mol. The van der Waals surface area contributed by atoms with Gasteiger partial charge >= 0.3 is 5.69 Å². The van der Waals surface area contributed by atoms with E-state index in [2.05, 4.69) is 13.0 Å². The average molecular weight is 290 g/mol. The fourth-order valence-electron chi connectivity index (χ4n) is 3.34. The van der Waals surface area contributed by atoms with Gasteiger partial charge in [0, 0.05) is 6.07 Å². The summed E-state index contributed by atoms with van der Waals surface area (Å²) in [5.41, 5.74) is -0.819. The van der Waals surface area contributed by atoms with Gasteiger partial charge in [-0.15, -0.1) is 0 Å². The van der Waals surface area contributed by atoms with E-state index < -0.39 is 21.8 Å². The van der Waals surface area contributed by atoms with Crippen LogP contribution < -0.4 is 0 Å². The minimum absolute atomic E-state index is 0.257. The zero-order chi connectivity index (χ0) is 15.5. The highest BCUT2D eigenvalue weighted by Crippen LogP contribution is 2.43. The molecule has 0 radical (unpaired) electrons. The molecule has 2 unspecified atom stereocenters. The molecule has 0 spiro atoms. The topological polar surface area (TPSA) is 66.9 Å². The van der Waals surface area contributed by atoms with Crippen molar-refractivity contribution in [3.8, 4) is 6.07 Å². The molecule has 1 aliphatic rings. The Bertz CT molecular complexity index is 582. The Morgan fingerprint density at radius 1 is 1.57 bits per heavy atom. The lowest BCUT2D eigenvalue weighted by molar-refractivity contribution is -0.387. The molecule has 1 fully saturated rings. The third-order valence-corrected chi connectivity index (χ3v) is 4.55. The van der Waals surface area contributed by atoms with E-state index in [1.807, 2.05) is 0 Å². The van der Waals surface area contributed by atoms with Crippen LogP contribution in [0.4, 0.5) is 10.1 Å². The molecule has 0 amide bonds. The van der Waals surface area contributed by atoms with E-state index in [1.54, 1.807) is 6.07 Å². The molecule has 0 aromatic heterocycles. The molecule has 0 saturated heterocycles. The van der Waals surface area contributed by atoms with Crippen LogP contribution in [0.2, 0.25) is 0 Å². The van der Waals surface area contributed by atoms with E-state index in [1.165, 1.54) is 6.07 Å². The van der Waals surface area contributed by atoms with E-state index in [-0.39, 0.29) is 12.0 Å². The molecule has 112 valence electrons. The maximum atomic E-state index is 14.2. The second-order valence-corrected chi connectivity index (χ2v) is 5.95. The minimum atomic E-state index is -0.796. The average Bonchev–Trinajstić information content (AvgIpc) is 2.49. The summed E-state index contributed by atoms with van der Waals surface area (Å²) in [6.07, 6.45) is 4.83. The molecule has 0 aliphatic heterocycles. The smallest absolute Gasteiger partial charge is 0.258 e. The van der Waals surface area contributed by atoms with E-state index >= 15 is 0 Å². The lowest BCUT2D eigenvalue weighted by Crippen LogP contribution is -2.29. The highest BCUT2D eigenvalue weighted by molar-refractivity contribution is 5.37. The van der Waals surface area contributed by atoms with Crippen LogP contribution in [0, 0.1) is 38.6 Å². The maximum absolute atomic E-state index is 14.2. The Labute approximate surface area is 123 Å². The van der Waals surface area contributed by atoms with Gasteiger partial charge in [0.1, 0.15) is 0 Å². The zero-order valence-electron chi connectivity index (χ0n) is 12.1. The molecular formula is C16H19FN2O2. The number of hydrogen-bond acceptors (Lipinski definition) is 3. The van der Waals surface area contributed by atoms with Crippen molar-refractivity contribution in [1.29, 1.82) is 5.26 Å². The van der Waals surface area contributed by atoms with Crippen molar-refractivity contribution >= 4 is 5.69 Å². The van der Waals surface area contributed by atoms with Gasteiger partial charge in [0.2, 0.25) is 5.82 Å². The van der Waals surface area contributed by atoms with Crippen LogP contribution in [0.15, 0.2) is 18.2 Å². The normalized spacial score (nSPS) is 25.3. The van der Waals surface area contributed by atoms with Gasteiger partial charge in [-0.2, -0.15) is 9.65 Å². The first kappa shape index (κ1) is 15.4. The van der Waals surface area contributed by atoms with E-state index in [9.17, 15) is 19.8 Å². The number of nitro groups is 1. The number of hydrogen-bond donors (Lipinski definition) is 0. The van der Waals surface area contributed by atoms with Crippen LogP contribution in [0.3, 0.4) is 0 Å². The van der Waals surface area contributed by atoms with Gasteiger partial charge < -0.3 is 0 Å². The van der Waals surface area contributed by atoms with Gasteiger partial charge in [0.15, 0.2) is 0 Å². The lowest BCUT2D eigenvalue weighted by Gasteiger charge is -2.35. The number of nitriles is 1. The van der Waals surface area contributed by atoms with Gasteiger partial charge in [0.05, 0.1) is 16.4 Å². The molecule has 2 rings (SSSR count). The third kappa shape index (κ3) is 3.21. The number of rotatable bonds is 4. The predicted molar refractivity (Wildman–Crippen MR) is 77.1 cm³/mol. The highest BCUT2D eigenvalue weighted by atomic mass is 19.1. The molecule has 2 atom stereocenters. The third-order valence-electron chi connectivity index (χ3n) is 4.55. The zero-order valence-corrected chi connectivity index (χ0v) is 12.1. The molecule has 4 nitrogen and oxygen atoms in total. The molecule has 1 aliphatic carbocycles. The summed E-state index contributed by atoms with van der Waals surface area (Å²) < 4.78 is 14.2. The fraction of sp³-hybridized carbons (Fsp3) is 0.562. The summed E-state index contributed by atoms with van der Waals surface area (Å²) in [6.45, 7) is 2.10. The summed E-state index contributed by atoms with van der Waals surface area (Å²) in [5.74, 6) is -0.309. The van der Waals surface area contributed by atoms with Crippen LogP contribution in [-0.4, -0.2) is 4.92 Å². The second-order valence-electron chi connectivity index (χ2n) is 5.95. The number of benzene rings is 1. The Kier molecular flexibility index (Phi) is 4.56. The first-order chi connectivity index (χ1) is 10.0. The number of nitrogens with zero attached hydrogens (tertiary/aromatic N) is 2. The summed E-state index contributed by atoms with van der Waals surface area (Å²) in [6, 6.07) is 6.57. The SMILES string of the molecule is CCC1CCCC(C#N)(Cc2cccc([N+](=O)[O-])c2F)C1. The number of halogens is 1. The van der Waals surface area contributed by atoms with Gasteiger partial charge in [0.25, 0.3) is 0 Å². The Morgan fingerprint density at radius 2 is 2.33 bits per heavy atom. The van der Waals surface area contributed by atoms with Crippen molar-refractivity contribution in [3.63, 3.8) is 0 Å². The fourth-order valence-corrected chi connectivity index (χ4v) is 3.34. The molecule has 0 N–H and O–H groups in total. The lowest BCUT2D eigenvalue weighted by atomic mass is 9.67. The summed E-state index contributed by atoms with van der Waals surface area (Å²) in [7, 11) is 0. The van der Waals surface area contributed by atoms with Crippen LogP contribution in [0.25, 0.3) is 0 Å². The van der Waals surface area contributed by atoms with E-state index in [4.69, 9.17) is 0 Å². The molecule has 0 heterocycles. The summed E-state index contributed by atoms with van der Waals surface area (Å²) in [4.78, 5) is 10.1. The molecule has 5 heteroatoms. The first-order valence-electron chi connectivity index (χ1n) is 7.34. The monoisotopic (exact) mass is 290 g/mol. The van der Waals surface area contributed by atoms with Crippen LogP contribution >= 0.6 is 0 Å². The highest BCUT2D eigenvalue weighted by Gasteiger charge is 2.37. The van der Waals surface area contributed by atoms with E-state index in [0.29, 0.717) is 5.92 Å². The maximum Gasteiger partial charge on any atom is 0.305 e. The Hall–Kier alpha value is -1.96. The van der Waals surface area contributed by atoms with Crippen LogP contribution in [0.1, 0.15) is 44.6 Å². The Morgan fingerprint density at radius 3 is 2.95 bits per heavy atom. The van der Waals surface area contributed by atoms with Gasteiger partial charge in [-0.3, -0.25) is 10.1 Å². The van der Waals surface area contributed by atoms with Crippen molar-refractivity contribution in [2.75, 3.05) is 0 Å². The van der Waals surface area contributed by atoms with Crippen molar-refractivity contribution in [3.05, 3.63) is 39.7 Å². The van der Waals surface area contributed by atoms with Gasteiger partial charge in [-0.1, -0.05) is 38.3 Å². The van der Waals surface area contributed by atoms with E-state index in [0.717, 1.165) is 38.2 Å². The second kappa shape index (κ2) is 6.21. The van der Waals surface area contributed by atoms with Crippen LogP contribution in [0.5, 0.6) is 0 Å². The first-order valence-corrected chi connectivity index (χ1v) is 7.34. The number of nitro benzene ring substituents is 1. The quantitative estimate of drug-likeness (QED) is 0.610. The summed E-state index contributed by atoms with van der Waals surface area (Å²) in [5, 5.41) is 20.4. The van der Waals surface area contributed by atoms with Crippen molar-refractivity contribution in [1.82, 2.24) is 0 Å². The predicted octanol–water partition coefficient (Wildman–Crippen LogP) is 4.39. The largest absolute Gasteiger partial charge is 0.305 e. The minimum Gasteiger partial charge on any atom is -0.258 e. The summed E-state index contributed by atoms with van der Waals surface area (Å²) >= 11 is 0. The van der Waals surface area contributed by atoms with Crippen molar-refractivity contribution in [2.24, 2.45) is 11.3 Å². The molecule has 1 saturated carbocycles. The molecule has 1 aromatic rings. The van der Waals surface area contributed by atoms with Crippen LogP contribution in [-0.2, 0) is 6.42 Å². The van der Waals surface area contributed by atoms with Gasteiger partial charge in [-0.05, 0) is 30.7 Å². The Balaban J connectivity index is 2.29. The van der Waals surface area contributed by atoms with Gasteiger partial charge in [-0.25, -0.2) is 0 Å². The van der Waals surface area contributed by atoms with Crippen molar-refractivity contribution in [2.45, 2.75) is 45.4 Å². The van der Waals surface area contributed by atoms with Crippen molar-refractivity contribution < 1.29 is 9.31 Å².